The van der Waals surface area contributed by atoms with E-state index in [0.717, 1.165) is 5.56 Å². The van der Waals surface area contributed by atoms with Crippen LogP contribution in [-0.2, 0) is 0 Å². The lowest BCUT2D eigenvalue weighted by Gasteiger charge is -2.06. The Morgan fingerprint density at radius 3 is 2.59 bits per heavy atom. The quantitative estimate of drug-likeness (QED) is 0.826. The minimum atomic E-state index is -0.195. The van der Waals surface area contributed by atoms with E-state index in [1.54, 1.807) is 30.5 Å². The predicted octanol–water partition coefficient (Wildman–Crippen LogP) is 3.30. The predicted molar refractivity (Wildman–Crippen MR) is 68.4 cm³/mol. The number of nitrogens with one attached hydrogen (secondary N) is 1. The number of amides is 1. The Hall–Kier alpha value is -1.87. The molecule has 0 saturated heterocycles. The van der Waals surface area contributed by atoms with Crippen molar-refractivity contribution in [2.75, 3.05) is 5.32 Å². The van der Waals surface area contributed by atoms with E-state index in [9.17, 15) is 4.79 Å². The number of benzene rings is 1. The van der Waals surface area contributed by atoms with E-state index in [4.69, 9.17) is 11.6 Å². The lowest BCUT2D eigenvalue weighted by molar-refractivity contribution is 0.102. The van der Waals surface area contributed by atoms with Crippen LogP contribution in [0.25, 0.3) is 0 Å². The van der Waals surface area contributed by atoms with Gasteiger partial charge in [-0.2, -0.15) is 0 Å². The fourth-order valence-electron chi connectivity index (χ4n) is 1.38. The summed E-state index contributed by atoms with van der Waals surface area (Å²) in [5.74, 6) is -0.195. The van der Waals surface area contributed by atoms with Crippen molar-refractivity contribution in [1.82, 2.24) is 4.98 Å². The van der Waals surface area contributed by atoms with Gasteiger partial charge in [-0.15, -0.1) is 0 Å². The van der Waals surface area contributed by atoms with Crippen LogP contribution < -0.4 is 5.32 Å². The molecule has 1 N–H and O–H groups in total. The summed E-state index contributed by atoms with van der Waals surface area (Å²) in [7, 11) is 0. The summed E-state index contributed by atoms with van der Waals surface area (Å²) in [5, 5.41) is 3.00. The van der Waals surface area contributed by atoms with Crippen molar-refractivity contribution in [3.63, 3.8) is 0 Å². The van der Waals surface area contributed by atoms with Crippen molar-refractivity contribution in [3.8, 4) is 0 Å². The van der Waals surface area contributed by atoms with E-state index in [1.807, 2.05) is 19.1 Å². The third-order valence-corrected chi connectivity index (χ3v) is 2.62. The molecule has 0 spiro atoms. The van der Waals surface area contributed by atoms with E-state index < -0.39 is 0 Å². The average Bonchev–Trinajstić information content (AvgIpc) is 2.33. The topological polar surface area (TPSA) is 42.0 Å². The van der Waals surface area contributed by atoms with Crippen molar-refractivity contribution in [1.29, 1.82) is 0 Å². The van der Waals surface area contributed by atoms with Crippen LogP contribution in [0.1, 0.15) is 15.9 Å². The zero-order chi connectivity index (χ0) is 12.3. The van der Waals surface area contributed by atoms with Crippen LogP contribution in [0.3, 0.4) is 0 Å². The molecule has 0 aliphatic rings. The molecule has 0 atom stereocenters. The Morgan fingerprint density at radius 2 is 1.94 bits per heavy atom. The molecule has 0 aliphatic heterocycles. The molecule has 1 aromatic carbocycles. The largest absolute Gasteiger partial charge is 0.319 e. The lowest BCUT2D eigenvalue weighted by Crippen LogP contribution is -2.12. The summed E-state index contributed by atoms with van der Waals surface area (Å²) >= 11 is 5.86. The van der Waals surface area contributed by atoms with Gasteiger partial charge in [0.2, 0.25) is 0 Å². The Kier molecular flexibility index (Phi) is 3.40. The van der Waals surface area contributed by atoms with Gasteiger partial charge in [-0.05, 0) is 31.2 Å². The van der Waals surface area contributed by atoms with E-state index in [2.05, 4.69) is 10.3 Å². The summed E-state index contributed by atoms with van der Waals surface area (Å²) < 4.78 is 0. The highest BCUT2D eigenvalue weighted by atomic mass is 35.5. The number of carbonyl (C=O) groups excluding carboxylic acids is 1. The highest BCUT2D eigenvalue weighted by molar-refractivity contribution is 6.32. The van der Waals surface area contributed by atoms with Gasteiger partial charge in [0.25, 0.3) is 5.91 Å². The lowest BCUT2D eigenvalue weighted by atomic mass is 10.1. The Labute approximate surface area is 104 Å². The van der Waals surface area contributed by atoms with Gasteiger partial charge in [-0.3, -0.25) is 4.79 Å². The molecule has 0 bridgehead atoms. The number of halogens is 1. The first kappa shape index (κ1) is 11.6. The van der Waals surface area contributed by atoms with Crippen molar-refractivity contribution >= 4 is 23.2 Å². The Bertz CT molecular complexity index is 537. The number of carbonyl (C=O) groups is 1. The van der Waals surface area contributed by atoms with Gasteiger partial charge in [0.15, 0.2) is 5.15 Å². The second-order valence-electron chi connectivity index (χ2n) is 3.66. The maximum absolute atomic E-state index is 11.9. The third-order valence-electron chi connectivity index (χ3n) is 2.32. The van der Waals surface area contributed by atoms with E-state index in [-0.39, 0.29) is 11.1 Å². The zero-order valence-corrected chi connectivity index (χ0v) is 10.0. The number of hydrogen-bond acceptors (Lipinski definition) is 2. The second kappa shape index (κ2) is 4.97. The summed E-state index contributed by atoms with van der Waals surface area (Å²) in [6, 6.07) is 10.8. The Balaban J connectivity index is 2.17. The van der Waals surface area contributed by atoms with Gasteiger partial charge in [0.05, 0.1) is 5.69 Å². The molecular weight excluding hydrogens is 236 g/mol. The number of aryl methyl sites for hydroxylation is 1. The summed E-state index contributed by atoms with van der Waals surface area (Å²) in [5.41, 5.74) is 2.22. The van der Waals surface area contributed by atoms with Gasteiger partial charge >= 0.3 is 0 Å². The first-order valence-corrected chi connectivity index (χ1v) is 5.53. The molecule has 2 rings (SSSR count). The van der Waals surface area contributed by atoms with Crippen molar-refractivity contribution in [2.24, 2.45) is 0 Å². The van der Waals surface area contributed by atoms with Crippen molar-refractivity contribution in [3.05, 3.63) is 58.9 Å². The van der Waals surface area contributed by atoms with Gasteiger partial charge in [-0.1, -0.05) is 29.3 Å². The molecule has 0 radical (unpaired) electrons. The maximum atomic E-state index is 11.9. The van der Waals surface area contributed by atoms with E-state index in [0.29, 0.717) is 11.3 Å². The first-order valence-electron chi connectivity index (χ1n) is 5.15. The number of pyridine rings is 1. The minimum Gasteiger partial charge on any atom is -0.319 e. The molecule has 0 aliphatic carbocycles. The number of anilines is 1. The molecule has 0 fully saturated rings. The fraction of sp³-hybridized carbons (Fsp3) is 0.0769. The number of hydrogen-bond donors (Lipinski definition) is 1. The molecule has 1 aromatic heterocycles. The second-order valence-corrected chi connectivity index (χ2v) is 4.02. The van der Waals surface area contributed by atoms with Gasteiger partial charge in [-0.25, -0.2) is 4.98 Å². The maximum Gasteiger partial charge on any atom is 0.255 e. The highest BCUT2D eigenvalue weighted by Crippen LogP contribution is 2.18. The van der Waals surface area contributed by atoms with Crippen LogP contribution in [-0.4, -0.2) is 10.9 Å². The van der Waals surface area contributed by atoms with E-state index in [1.165, 1.54) is 0 Å². The van der Waals surface area contributed by atoms with Crippen LogP contribution >= 0.6 is 11.6 Å². The molecule has 2 aromatic rings. The van der Waals surface area contributed by atoms with Gasteiger partial charge < -0.3 is 5.32 Å². The molecule has 0 unspecified atom stereocenters. The molecule has 17 heavy (non-hydrogen) atoms. The molecule has 1 amide bonds. The van der Waals surface area contributed by atoms with Crippen LogP contribution in [0.4, 0.5) is 5.69 Å². The summed E-state index contributed by atoms with van der Waals surface area (Å²) in [4.78, 5) is 15.8. The number of rotatable bonds is 2. The first-order chi connectivity index (χ1) is 8.16. The summed E-state index contributed by atoms with van der Waals surface area (Å²) in [6.07, 6.45) is 1.57. The smallest absolute Gasteiger partial charge is 0.255 e. The third kappa shape index (κ3) is 2.82. The Morgan fingerprint density at radius 1 is 1.24 bits per heavy atom. The van der Waals surface area contributed by atoms with Crippen LogP contribution in [0, 0.1) is 6.92 Å². The molecular formula is C13H11ClN2O. The molecule has 1 heterocycles. The van der Waals surface area contributed by atoms with Gasteiger partial charge in [0.1, 0.15) is 0 Å². The monoisotopic (exact) mass is 246 g/mol. The number of nitrogens with zero attached hydrogens (tertiary/aromatic N) is 1. The summed E-state index contributed by atoms with van der Waals surface area (Å²) in [6.45, 7) is 1.97. The average molecular weight is 247 g/mol. The normalized spacial score (nSPS) is 10.0. The standard InChI is InChI=1S/C13H11ClN2O/c1-9-4-6-10(7-5-9)13(17)16-11-3-2-8-15-12(11)14/h2-8H,1H3,(H,16,17). The van der Waals surface area contributed by atoms with Crippen LogP contribution in [0.5, 0.6) is 0 Å². The zero-order valence-electron chi connectivity index (χ0n) is 9.27. The number of aromatic nitrogens is 1. The van der Waals surface area contributed by atoms with Crippen LogP contribution in [0.15, 0.2) is 42.6 Å². The van der Waals surface area contributed by atoms with Crippen molar-refractivity contribution in [2.45, 2.75) is 6.92 Å². The van der Waals surface area contributed by atoms with Crippen molar-refractivity contribution < 1.29 is 4.79 Å². The molecule has 86 valence electrons. The molecule has 4 heteroatoms. The minimum absolute atomic E-state index is 0.195. The van der Waals surface area contributed by atoms with Gasteiger partial charge in [0, 0.05) is 11.8 Å². The molecule has 3 nitrogen and oxygen atoms in total. The van der Waals surface area contributed by atoms with Crippen LogP contribution in [0.2, 0.25) is 5.15 Å². The SMILES string of the molecule is Cc1ccc(C(=O)Nc2cccnc2Cl)cc1. The fourth-order valence-corrected chi connectivity index (χ4v) is 1.55. The molecule has 0 saturated carbocycles. The highest BCUT2D eigenvalue weighted by Gasteiger charge is 2.07. The van der Waals surface area contributed by atoms with E-state index >= 15 is 0 Å².